The zero-order valence-electron chi connectivity index (χ0n) is 10.7. The molecule has 0 aliphatic carbocycles. The van der Waals surface area contributed by atoms with Crippen molar-refractivity contribution in [3.05, 3.63) is 29.8 Å². The number of piperidine rings is 1. The lowest BCUT2D eigenvalue weighted by molar-refractivity contribution is 0.268. The largest absolute Gasteiger partial charge is 0.399 e. The van der Waals surface area contributed by atoms with Crippen LogP contribution in [0.3, 0.4) is 0 Å². The minimum Gasteiger partial charge on any atom is -0.399 e. The summed E-state index contributed by atoms with van der Waals surface area (Å²) in [5.41, 5.74) is 7.04. The van der Waals surface area contributed by atoms with Crippen LogP contribution in [0.5, 0.6) is 0 Å². The highest BCUT2D eigenvalue weighted by molar-refractivity contribution is 7.88. The maximum atomic E-state index is 12.3. The topological polar surface area (TPSA) is 63.4 Å². The minimum atomic E-state index is -3.21. The van der Waals surface area contributed by atoms with E-state index in [4.69, 9.17) is 5.73 Å². The third kappa shape index (κ3) is 3.03. The van der Waals surface area contributed by atoms with Gasteiger partial charge in [-0.2, -0.15) is 4.31 Å². The molecule has 1 saturated heterocycles. The average molecular weight is 268 g/mol. The summed E-state index contributed by atoms with van der Waals surface area (Å²) < 4.78 is 26.3. The van der Waals surface area contributed by atoms with E-state index in [0.717, 1.165) is 24.8 Å². The first kappa shape index (κ1) is 13.4. The third-order valence-corrected chi connectivity index (χ3v) is 5.38. The molecule has 1 heterocycles. The van der Waals surface area contributed by atoms with Gasteiger partial charge in [0.15, 0.2) is 0 Å². The van der Waals surface area contributed by atoms with Crippen molar-refractivity contribution in [3.8, 4) is 0 Å². The molecule has 0 amide bonds. The molecule has 2 N–H and O–H groups in total. The van der Waals surface area contributed by atoms with Crippen LogP contribution in [-0.4, -0.2) is 25.3 Å². The first-order valence-corrected chi connectivity index (χ1v) is 7.94. The monoisotopic (exact) mass is 268 g/mol. The Kier molecular flexibility index (Phi) is 3.92. The standard InChI is InChI=1S/C13H20N2O2S/c1-11-4-2-3-9-15(11)18(16,17)10-12-5-7-13(14)8-6-12/h5-8,11H,2-4,9-10,14H2,1H3. The number of benzene rings is 1. The lowest BCUT2D eigenvalue weighted by atomic mass is 10.1. The van der Waals surface area contributed by atoms with E-state index in [1.54, 1.807) is 28.6 Å². The Morgan fingerprint density at radius 3 is 2.56 bits per heavy atom. The SMILES string of the molecule is CC1CCCCN1S(=O)(=O)Cc1ccc(N)cc1. The second kappa shape index (κ2) is 5.28. The molecular weight excluding hydrogens is 248 g/mol. The molecule has 100 valence electrons. The lowest BCUT2D eigenvalue weighted by Gasteiger charge is -2.32. The van der Waals surface area contributed by atoms with Crippen LogP contribution in [0, 0.1) is 0 Å². The highest BCUT2D eigenvalue weighted by Gasteiger charge is 2.29. The van der Waals surface area contributed by atoms with Crippen LogP contribution in [0.1, 0.15) is 31.7 Å². The summed E-state index contributed by atoms with van der Waals surface area (Å²) in [6.07, 6.45) is 3.04. The fourth-order valence-corrected chi connectivity index (χ4v) is 4.23. The van der Waals surface area contributed by atoms with Gasteiger partial charge in [-0.3, -0.25) is 0 Å². The molecule has 0 aromatic heterocycles. The fraction of sp³-hybridized carbons (Fsp3) is 0.538. The third-order valence-electron chi connectivity index (χ3n) is 3.43. The number of nitrogens with two attached hydrogens (primary N) is 1. The van der Waals surface area contributed by atoms with E-state index >= 15 is 0 Å². The van der Waals surface area contributed by atoms with Crippen molar-refractivity contribution in [1.29, 1.82) is 0 Å². The predicted octanol–water partition coefficient (Wildman–Crippen LogP) is 1.97. The highest BCUT2D eigenvalue weighted by Crippen LogP contribution is 2.22. The summed E-state index contributed by atoms with van der Waals surface area (Å²) in [4.78, 5) is 0. The van der Waals surface area contributed by atoms with Gasteiger partial charge < -0.3 is 5.73 Å². The van der Waals surface area contributed by atoms with E-state index in [1.807, 2.05) is 6.92 Å². The van der Waals surface area contributed by atoms with E-state index in [-0.39, 0.29) is 11.8 Å². The first-order valence-electron chi connectivity index (χ1n) is 6.33. The number of rotatable bonds is 3. The Balaban J connectivity index is 2.13. The van der Waals surface area contributed by atoms with Gasteiger partial charge in [0.05, 0.1) is 5.75 Å². The molecular formula is C13H20N2O2S. The molecule has 0 bridgehead atoms. The van der Waals surface area contributed by atoms with Gasteiger partial charge in [-0.15, -0.1) is 0 Å². The lowest BCUT2D eigenvalue weighted by Crippen LogP contribution is -2.42. The fourth-order valence-electron chi connectivity index (χ4n) is 2.39. The molecule has 5 heteroatoms. The number of nitrogens with zero attached hydrogens (tertiary/aromatic N) is 1. The maximum Gasteiger partial charge on any atom is 0.218 e. The number of anilines is 1. The zero-order chi connectivity index (χ0) is 13.2. The number of hydrogen-bond acceptors (Lipinski definition) is 3. The van der Waals surface area contributed by atoms with Crippen molar-refractivity contribution in [2.24, 2.45) is 0 Å². The molecule has 1 aromatic carbocycles. The van der Waals surface area contributed by atoms with Crippen molar-refractivity contribution in [2.45, 2.75) is 38.0 Å². The number of nitrogen functional groups attached to an aromatic ring is 1. The summed E-state index contributed by atoms with van der Waals surface area (Å²) in [6.45, 7) is 2.64. The molecule has 4 nitrogen and oxygen atoms in total. The second-order valence-electron chi connectivity index (χ2n) is 4.95. The summed E-state index contributed by atoms with van der Waals surface area (Å²) in [5, 5.41) is 0. The summed E-state index contributed by atoms with van der Waals surface area (Å²) >= 11 is 0. The van der Waals surface area contributed by atoms with Crippen LogP contribution in [0.2, 0.25) is 0 Å². The molecule has 1 atom stereocenters. The Hall–Kier alpha value is -1.07. The van der Waals surface area contributed by atoms with Gasteiger partial charge in [0, 0.05) is 18.3 Å². The zero-order valence-corrected chi connectivity index (χ0v) is 11.5. The molecule has 18 heavy (non-hydrogen) atoms. The Morgan fingerprint density at radius 1 is 1.28 bits per heavy atom. The van der Waals surface area contributed by atoms with Crippen LogP contribution in [0.25, 0.3) is 0 Å². The average Bonchev–Trinajstić information content (AvgIpc) is 2.32. The van der Waals surface area contributed by atoms with Gasteiger partial charge in [-0.05, 0) is 37.5 Å². The Morgan fingerprint density at radius 2 is 1.94 bits per heavy atom. The van der Waals surface area contributed by atoms with Crippen LogP contribution in [-0.2, 0) is 15.8 Å². The molecule has 1 fully saturated rings. The van der Waals surface area contributed by atoms with E-state index in [9.17, 15) is 8.42 Å². The molecule has 1 aromatic rings. The molecule has 0 spiro atoms. The van der Waals surface area contributed by atoms with E-state index in [2.05, 4.69) is 0 Å². The van der Waals surface area contributed by atoms with Crippen molar-refractivity contribution < 1.29 is 8.42 Å². The predicted molar refractivity (Wildman–Crippen MR) is 73.5 cm³/mol. The van der Waals surface area contributed by atoms with Crippen LogP contribution >= 0.6 is 0 Å². The molecule has 0 saturated carbocycles. The van der Waals surface area contributed by atoms with E-state index < -0.39 is 10.0 Å². The van der Waals surface area contributed by atoms with E-state index in [0.29, 0.717) is 12.2 Å². The van der Waals surface area contributed by atoms with Crippen molar-refractivity contribution in [3.63, 3.8) is 0 Å². The molecule has 1 unspecified atom stereocenters. The van der Waals surface area contributed by atoms with Crippen molar-refractivity contribution >= 4 is 15.7 Å². The summed E-state index contributed by atoms with van der Waals surface area (Å²) in [5.74, 6) is 0.0671. The van der Waals surface area contributed by atoms with Gasteiger partial charge in [0.1, 0.15) is 0 Å². The smallest absolute Gasteiger partial charge is 0.218 e. The molecule has 1 aliphatic heterocycles. The summed E-state index contributed by atoms with van der Waals surface area (Å²) in [6, 6.07) is 7.16. The van der Waals surface area contributed by atoms with Crippen LogP contribution in [0.4, 0.5) is 5.69 Å². The highest BCUT2D eigenvalue weighted by atomic mass is 32.2. The van der Waals surface area contributed by atoms with Gasteiger partial charge in [0.25, 0.3) is 0 Å². The summed E-state index contributed by atoms with van der Waals surface area (Å²) in [7, 11) is -3.21. The molecule has 0 radical (unpaired) electrons. The normalized spacial score (nSPS) is 21.9. The van der Waals surface area contributed by atoms with E-state index in [1.165, 1.54) is 0 Å². The molecule has 2 rings (SSSR count). The van der Waals surface area contributed by atoms with Crippen LogP contribution < -0.4 is 5.73 Å². The van der Waals surface area contributed by atoms with Gasteiger partial charge in [-0.25, -0.2) is 8.42 Å². The van der Waals surface area contributed by atoms with Crippen molar-refractivity contribution in [2.75, 3.05) is 12.3 Å². The number of sulfonamides is 1. The number of hydrogen-bond donors (Lipinski definition) is 1. The minimum absolute atomic E-state index is 0.0671. The molecule has 1 aliphatic rings. The second-order valence-corrected chi connectivity index (χ2v) is 6.87. The maximum absolute atomic E-state index is 12.3. The first-order chi connectivity index (χ1) is 8.49. The van der Waals surface area contributed by atoms with Gasteiger partial charge in [-0.1, -0.05) is 18.6 Å². The quantitative estimate of drug-likeness (QED) is 0.852. The Bertz CT molecular complexity index is 496. The van der Waals surface area contributed by atoms with Crippen molar-refractivity contribution in [1.82, 2.24) is 4.31 Å². The Labute approximate surface area is 109 Å². The van der Waals surface area contributed by atoms with Gasteiger partial charge in [0.2, 0.25) is 10.0 Å². The van der Waals surface area contributed by atoms with Crippen LogP contribution in [0.15, 0.2) is 24.3 Å². The van der Waals surface area contributed by atoms with Gasteiger partial charge >= 0.3 is 0 Å².